The van der Waals surface area contributed by atoms with E-state index in [2.05, 4.69) is 4.90 Å². The summed E-state index contributed by atoms with van der Waals surface area (Å²) in [5, 5.41) is 9.36. The Kier molecular flexibility index (Phi) is 4.38. The van der Waals surface area contributed by atoms with Crippen molar-refractivity contribution in [1.29, 1.82) is 0 Å². The Balaban J connectivity index is 2.10. The summed E-state index contributed by atoms with van der Waals surface area (Å²) in [6.07, 6.45) is 6.22. The monoisotopic (exact) mass is 253 g/mol. The van der Waals surface area contributed by atoms with Crippen molar-refractivity contribution in [2.45, 2.75) is 64.0 Å². The highest BCUT2D eigenvalue weighted by molar-refractivity contribution is 5.83. The third-order valence-corrected chi connectivity index (χ3v) is 4.41. The van der Waals surface area contributed by atoms with Gasteiger partial charge in [0.1, 0.15) is 11.8 Å². The van der Waals surface area contributed by atoms with Crippen LogP contribution in [-0.2, 0) is 9.59 Å². The number of carbonyl (C=O) groups excluding carboxylic acids is 1. The molecule has 18 heavy (non-hydrogen) atoms. The van der Waals surface area contributed by atoms with E-state index in [-0.39, 0.29) is 12.0 Å². The van der Waals surface area contributed by atoms with Crippen molar-refractivity contribution in [1.82, 2.24) is 4.90 Å². The Bertz CT molecular complexity index is 329. The minimum absolute atomic E-state index is 0.103. The van der Waals surface area contributed by atoms with Gasteiger partial charge in [-0.25, -0.2) is 0 Å². The first-order chi connectivity index (χ1) is 8.65. The third kappa shape index (κ3) is 2.58. The molecular formula is C14H23NO3. The van der Waals surface area contributed by atoms with Crippen molar-refractivity contribution in [3.8, 4) is 0 Å². The van der Waals surface area contributed by atoms with Crippen LogP contribution in [0, 0.1) is 5.92 Å². The van der Waals surface area contributed by atoms with Crippen molar-refractivity contribution >= 4 is 11.8 Å². The van der Waals surface area contributed by atoms with Crippen molar-refractivity contribution in [3.63, 3.8) is 0 Å². The minimum atomic E-state index is -0.728. The van der Waals surface area contributed by atoms with Gasteiger partial charge in [-0.2, -0.15) is 0 Å². The zero-order chi connectivity index (χ0) is 13.1. The van der Waals surface area contributed by atoms with E-state index in [1.165, 1.54) is 0 Å². The van der Waals surface area contributed by atoms with Gasteiger partial charge in [-0.3, -0.25) is 14.5 Å². The Hall–Kier alpha value is -0.900. The molecule has 0 bridgehead atoms. The lowest BCUT2D eigenvalue weighted by Gasteiger charge is -2.33. The quantitative estimate of drug-likeness (QED) is 0.815. The zero-order valence-corrected chi connectivity index (χ0v) is 11.1. The topological polar surface area (TPSA) is 57.6 Å². The molecule has 3 unspecified atom stereocenters. The van der Waals surface area contributed by atoms with E-state index in [0.717, 1.165) is 38.6 Å². The molecule has 1 aliphatic heterocycles. The minimum Gasteiger partial charge on any atom is -0.480 e. The predicted molar refractivity (Wildman–Crippen MR) is 68.4 cm³/mol. The van der Waals surface area contributed by atoms with E-state index in [1.54, 1.807) is 0 Å². The van der Waals surface area contributed by atoms with E-state index >= 15 is 0 Å². The molecule has 0 aromatic rings. The number of hydrogen-bond acceptors (Lipinski definition) is 3. The van der Waals surface area contributed by atoms with Gasteiger partial charge in [0.15, 0.2) is 0 Å². The predicted octanol–water partition coefficient (Wildman–Crippen LogP) is 2.07. The molecule has 0 aromatic carbocycles. The second-order valence-electron chi connectivity index (χ2n) is 5.56. The number of carbonyl (C=O) groups is 2. The third-order valence-electron chi connectivity index (χ3n) is 4.41. The molecule has 102 valence electrons. The van der Waals surface area contributed by atoms with Gasteiger partial charge in [0.05, 0.1) is 0 Å². The molecular weight excluding hydrogens is 230 g/mol. The number of carboxylic acid groups (broad SMARTS) is 1. The number of likely N-dealkylation sites (tertiary alicyclic amines) is 1. The molecule has 2 aliphatic rings. The lowest BCUT2D eigenvalue weighted by Crippen LogP contribution is -2.47. The lowest BCUT2D eigenvalue weighted by molar-refractivity contribution is -0.145. The van der Waals surface area contributed by atoms with Gasteiger partial charge in [-0.15, -0.1) is 0 Å². The summed E-state index contributed by atoms with van der Waals surface area (Å²) in [5.74, 6) is -0.270. The van der Waals surface area contributed by atoms with Crippen LogP contribution in [0.25, 0.3) is 0 Å². The number of Topliss-reactive ketones (excluding diaryl/α,β-unsaturated/α-hetero) is 1. The first-order valence-corrected chi connectivity index (χ1v) is 7.16. The van der Waals surface area contributed by atoms with Crippen LogP contribution in [0.5, 0.6) is 0 Å². The Labute approximate surface area is 108 Å². The highest BCUT2D eigenvalue weighted by Crippen LogP contribution is 2.35. The standard InChI is InChI=1S/C14H23NO3/c1-2-5-12(14(17)18)15-9-4-7-11(15)10-6-3-8-13(10)16/h10-12H,2-9H2,1H3,(H,17,18). The summed E-state index contributed by atoms with van der Waals surface area (Å²) < 4.78 is 0. The van der Waals surface area contributed by atoms with Crippen molar-refractivity contribution in [3.05, 3.63) is 0 Å². The highest BCUT2D eigenvalue weighted by Gasteiger charge is 2.42. The second-order valence-corrected chi connectivity index (χ2v) is 5.56. The molecule has 2 fully saturated rings. The van der Waals surface area contributed by atoms with Gasteiger partial charge >= 0.3 is 5.97 Å². The van der Waals surface area contributed by atoms with E-state index < -0.39 is 12.0 Å². The van der Waals surface area contributed by atoms with E-state index in [9.17, 15) is 14.7 Å². The lowest BCUT2D eigenvalue weighted by atomic mass is 9.93. The van der Waals surface area contributed by atoms with Crippen LogP contribution in [0.15, 0.2) is 0 Å². The van der Waals surface area contributed by atoms with E-state index in [4.69, 9.17) is 0 Å². The molecule has 0 aromatic heterocycles. The highest BCUT2D eigenvalue weighted by atomic mass is 16.4. The van der Waals surface area contributed by atoms with Crippen LogP contribution in [0.2, 0.25) is 0 Å². The molecule has 2 rings (SSSR count). The zero-order valence-electron chi connectivity index (χ0n) is 11.1. The van der Waals surface area contributed by atoms with Crippen molar-refractivity contribution in [2.75, 3.05) is 6.54 Å². The molecule has 1 heterocycles. The number of aliphatic carboxylic acids is 1. The molecule has 0 radical (unpaired) electrons. The molecule has 1 N–H and O–H groups in total. The van der Waals surface area contributed by atoms with Gasteiger partial charge in [-0.1, -0.05) is 13.3 Å². The van der Waals surface area contributed by atoms with Gasteiger partial charge in [-0.05, 0) is 38.6 Å². The van der Waals surface area contributed by atoms with Crippen LogP contribution in [0.4, 0.5) is 0 Å². The number of ketones is 1. The largest absolute Gasteiger partial charge is 0.480 e. The summed E-state index contributed by atoms with van der Waals surface area (Å²) in [7, 11) is 0. The van der Waals surface area contributed by atoms with Crippen LogP contribution in [0.3, 0.4) is 0 Å². The van der Waals surface area contributed by atoms with Gasteiger partial charge in [0.25, 0.3) is 0 Å². The normalized spacial score (nSPS) is 30.8. The number of rotatable bonds is 5. The van der Waals surface area contributed by atoms with Crippen molar-refractivity contribution < 1.29 is 14.7 Å². The van der Waals surface area contributed by atoms with Crippen molar-refractivity contribution in [2.24, 2.45) is 5.92 Å². The molecule has 3 atom stereocenters. The van der Waals surface area contributed by atoms with Gasteiger partial charge < -0.3 is 5.11 Å². The molecule has 0 spiro atoms. The average Bonchev–Trinajstić information content (AvgIpc) is 2.93. The molecule has 4 nitrogen and oxygen atoms in total. The summed E-state index contributed by atoms with van der Waals surface area (Å²) in [4.78, 5) is 25.4. The van der Waals surface area contributed by atoms with Gasteiger partial charge in [0, 0.05) is 18.4 Å². The fourth-order valence-electron chi connectivity index (χ4n) is 3.59. The first kappa shape index (κ1) is 13.5. The fraction of sp³-hybridized carbons (Fsp3) is 0.857. The molecule has 1 saturated carbocycles. The summed E-state index contributed by atoms with van der Waals surface area (Å²) >= 11 is 0. The van der Waals surface area contributed by atoms with E-state index in [1.807, 2.05) is 6.92 Å². The Morgan fingerprint density at radius 2 is 2.22 bits per heavy atom. The molecule has 1 aliphatic carbocycles. The maximum atomic E-state index is 11.9. The van der Waals surface area contributed by atoms with Crippen LogP contribution >= 0.6 is 0 Å². The molecule has 1 saturated heterocycles. The van der Waals surface area contributed by atoms with Gasteiger partial charge in [0.2, 0.25) is 0 Å². The van der Waals surface area contributed by atoms with Crippen LogP contribution in [-0.4, -0.2) is 40.4 Å². The second kappa shape index (κ2) is 5.83. The smallest absolute Gasteiger partial charge is 0.320 e. The Morgan fingerprint density at radius 3 is 2.78 bits per heavy atom. The van der Waals surface area contributed by atoms with Crippen LogP contribution in [0.1, 0.15) is 51.9 Å². The number of nitrogens with zero attached hydrogens (tertiary/aromatic N) is 1. The Morgan fingerprint density at radius 1 is 1.44 bits per heavy atom. The molecule has 4 heteroatoms. The first-order valence-electron chi connectivity index (χ1n) is 7.16. The molecule has 0 amide bonds. The van der Waals surface area contributed by atoms with Crippen LogP contribution < -0.4 is 0 Å². The summed E-state index contributed by atoms with van der Waals surface area (Å²) in [6, 6.07) is -0.205. The van der Waals surface area contributed by atoms with E-state index in [0.29, 0.717) is 18.6 Å². The number of hydrogen-bond donors (Lipinski definition) is 1. The number of carboxylic acids is 1. The SMILES string of the molecule is CCCC(C(=O)O)N1CCCC1C1CCCC1=O. The maximum absolute atomic E-state index is 11.9. The summed E-state index contributed by atoms with van der Waals surface area (Å²) in [5.41, 5.74) is 0. The maximum Gasteiger partial charge on any atom is 0.320 e. The average molecular weight is 253 g/mol. The fourth-order valence-corrected chi connectivity index (χ4v) is 3.59. The summed E-state index contributed by atoms with van der Waals surface area (Å²) in [6.45, 7) is 2.85.